The van der Waals surface area contributed by atoms with Gasteiger partial charge >= 0.3 is 0 Å². The number of rotatable bonds is 5. The lowest BCUT2D eigenvalue weighted by Crippen LogP contribution is -2.42. The maximum atomic E-state index is 12.8. The van der Waals surface area contributed by atoms with Crippen molar-refractivity contribution in [3.8, 4) is 0 Å². The van der Waals surface area contributed by atoms with Gasteiger partial charge in [-0.3, -0.25) is 4.79 Å². The number of aromatic nitrogens is 1. The molecule has 1 amide bonds. The van der Waals surface area contributed by atoms with Crippen LogP contribution in [0.15, 0.2) is 48.7 Å². The molecular weight excluding hydrogens is 312 g/mol. The summed E-state index contributed by atoms with van der Waals surface area (Å²) in [5, 5.41) is 0.529. The maximum absolute atomic E-state index is 12.8. The van der Waals surface area contributed by atoms with Gasteiger partial charge in [0, 0.05) is 19.3 Å². The third kappa shape index (κ3) is 4.09. The molecule has 1 aromatic heterocycles. The number of benzene rings is 1. The molecule has 2 heterocycles. The number of halogens is 1. The Morgan fingerprint density at radius 3 is 2.74 bits per heavy atom. The van der Waals surface area contributed by atoms with Crippen molar-refractivity contribution in [1.29, 1.82) is 0 Å². The van der Waals surface area contributed by atoms with Crippen LogP contribution in [0.2, 0.25) is 5.02 Å². The standard InChI is InChI=1S/C18H19ClN2O2/c19-15-6-7-17(20-12-15)18(22)21(16-9-11-23-13-16)10-8-14-4-2-1-3-5-14/h1-7,12,16H,8-11,13H2. The Labute approximate surface area is 141 Å². The third-order valence-electron chi connectivity index (χ3n) is 4.04. The van der Waals surface area contributed by atoms with Crippen molar-refractivity contribution in [2.45, 2.75) is 18.9 Å². The fraction of sp³-hybridized carbons (Fsp3) is 0.333. The topological polar surface area (TPSA) is 42.4 Å². The van der Waals surface area contributed by atoms with Gasteiger partial charge in [-0.2, -0.15) is 0 Å². The van der Waals surface area contributed by atoms with E-state index in [1.165, 1.54) is 11.8 Å². The number of amides is 1. The Bertz CT molecular complexity index is 640. The van der Waals surface area contributed by atoms with Gasteiger partial charge in [-0.25, -0.2) is 4.98 Å². The Kier molecular flexibility index (Phi) is 5.26. The van der Waals surface area contributed by atoms with Gasteiger partial charge in [-0.15, -0.1) is 0 Å². The second kappa shape index (κ2) is 7.57. The summed E-state index contributed by atoms with van der Waals surface area (Å²) in [6, 6.07) is 13.7. The Morgan fingerprint density at radius 2 is 2.09 bits per heavy atom. The van der Waals surface area contributed by atoms with E-state index in [0.29, 0.717) is 30.5 Å². The molecule has 23 heavy (non-hydrogen) atoms. The molecule has 1 aliphatic heterocycles. The summed E-state index contributed by atoms with van der Waals surface area (Å²) in [6.07, 6.45) is 3.19. The van der Waals surface area contributed by atoms with Gasteiger partial charge in [-0.1, -0.05) is 41.9 Å². The highest BCUT2D eigenvalue weighted by Gasteiger charge is 2.28. The molecule has 0 saturated carbocycles. The van der Waals surface area contributed by atoms with E-state index in [1.807, 2.05) is 23.1 Å². The molecule has 1 aliphatic rings. The minimum atomic E-state index is -0.0619. The molecule has 1 unspecified atom stereocenters. The van der Waals surface area contributed by atoms with Gasteiger partial charge < -0.3 is 9.64 Å². The number of pyridine rings is 1. The summed E-state index contributed by atoms with van der Waals surface area (Å²) in [6.45, 7) is 1.95. The highest BCUT2D eigenvalue weighted by Crippen LogP contribution is 2.17. The minimum Gasteiger partial charge on any atom is -0.379 e. The highest BCUT2D eigenvalue weighted by molar-refractivity contribution is 6.30. The average Bonchev–Trinajstić information content (AvgIpc) is 3.11. The molecule has 0 radical (unpaired) electrons. The van der Waals surface area contributed by atoms with Gasteiger partial charge in [0.05, 0.1) is 17.7 Å². The van der Waals surface area contributed by atoms with Gasteiger partial charge in [0.1, 0.15) is 5.69 Å². The summed E-state index contributed by atoms with van der Waals surface area (Å²) < 4.78 is 5.46. The zero-order valence-corrected chi connectivity index (χ0v) is 13.6. The molecule has 1 atom stereocenters. The van der Waals surface area contributed by atoms with Crippen LogP contribution in [0.1, 0.15) is 22.5 Å². The Morgan fingerprint density at radius 1 is 1.26 bits per heavy atom. The quantitative estimate of drug-likeness (QED) is 0.845. The lowest BCUT2D eigenvalue weighted by molar-refractivity contribution is 0.0650. The zero-order chi connectivity index (χ0) is 16.1. The molecule has 120 valence electrons. The third-order valence-corrected chi connectivity index (χ3v) is 4.26. The molecule has 2 aromatic rings. The van der Waals surface area contributed by atoms with E-state index in [2.05, 4.69) is 17.1 Å². The van der Waals surface area contributed by atoms with Crippen LogP contribution < -0.4 is 0 Å². The first-order valence-electron chi connectivity index (χ1n) is 7.78. The van der Waals surface area contributed by atoms with Crippen molar-refractivity contribution in [1.82, 2.24) is 9.88 Å². The maximum Gasteiger partial charge on any atom is 0.272 e. The van der Waals surface area contributed by atoms with Crippen molar-refractivity contribution in [2.75, 3.05) is 19.8 Å². The van der Waals surface area contributed by atoms with Crippen LogP contribution in [-0.4, -0.2) is 41.6 Å². The average molecular weight is 331 g/mol. The van der Waals surface area contributed by atoms with Crippen LogP contribution in [-0.2, 0) is 11.2 Å². The van der Waals surface area contributed by atoms with Gasteiger partial charge in [0.2, 0.25) is 0 Å². The predicted octanol–water partition coefficient (Wildman–Crippen LogP) is 3.21. The molecule has 3 rings (SSSR count). The fourth-order valence-electron chi connectivity index (χ4n) is 2.76. The van der Waals surface area contributed by atoms with Gasteiger partial charge in [0.25, 0.3) is 5.91 Å². The van der Waals surface area contributed by atoms with Crippen LogP contribution in [0.3, 0.4) is 0 Å². The van der Waals surface area contributed by atoms with Crippen molar-refractivity contribution in [3.63, 3.8) is 0 Å². The van der Waals surface area contributed by atoms with E-state index < -0.39 is 0 Å². The molecule has 0 aliphatic carbocycles. The molecule has 0 N–H and O–H groups in total. The largest absolute Gasteiger partial charge is 0.379 e. The van der Waals surface area contributed by atoms with Crippen LogP contribution in [0.5, 0.6) is 0 Å². The molecular formula is C18H19ClN2O2. The van der Waals surface area contributed by atoms with Crippen molar-refractivity contribution < 1.29 is 9.53 Å². The van der Waals surface area contributed by atoms with Gasteiger partial charge in [-0.05, 0) is 30.5 Å². The van der Waals surface area contributed by atoms with E-state index in [-0.39, 0.29) is 11.9 Å². The van der Waals surface area contributed by atoms with Crippen LogP contribution in [0, 0.1) is 0 Å². The summed E-state index contributed by atoms with van der Waals surface area (Å²) >= 11 is 5.86. The molecule has 0 bridgehead atoms. The SMILES string of the molecule is O=C(c1ccc(Cl)cn1)N(CCc1ccccc1)C1CCOC1. The first-order valence-corrected chi connectivity index (χ1v) is 8.16. The number of nitrogens with zero attached hydrogens (tertiary/aromatic N) is 2. The molecule has 4 nitrogen and oxygen atoms in total. The van der Waals surface area contributed by atoms with E-state index >= 15 is 0 Å². The van der Waals surface area contributed by atoms with Crippen molar-refractivity contribution in [3.05, 3.63) is 64.9 Å². The number of carbonyl (C=O) groups excluding carboxylic acids is 1. The van der Waals surface area contributed by atoms with Crippen LogP contribution in [0.4, 0.5) is 0 Å². The summed E-state index contributed by atoms with van der Waals surface area (Å²) in [5.41, 5.74) is 1.64. The lowest BCUT2D eigenvalue weighted by atomic mass is 10.1. The first-order chi connectivity index (χ1) is 11.2. The number of hydrogen-bond acceptors (Lipinski definition) is 3. The number of carbonyl (C=O) groups is 1. The highest BCUT2D eigenvalue weighted by atomic mass is 35.5. The molecule has 5 heteroatoms. The zero-order valence-electron chi connectivity index (χ0n) is 12.8. The lowest BCUT2D eigenvalue weighted by Gasteiger charge is -2.28. The monoisotopic (exact) mass is 330 g/mol. The van der Waals surface area contributed by atoms with Crippen LogP contribution >= 0.6 is 11.6 Å². The molecule has 1 saturated heterocycles. The summed E-state index contributed by atoms with van der Waals surface area (Å²) in [5.74, 6) is -0.0619. The summed E-state index contributed by atoms with van der Waals surface area (Å²) in [4.78, 5) is 18.9. The minimum absolute atomic E-state index is 0.0619. The van der Waals surface area contributed by atoms with Crippen molar-refractivity contribution in [2.24, 2.45) is 0 Å². The smallest absolute Gasteiger partial charge is 0.272 e. The fourth-order valence-corrected chi connectivity index (χ4v) is 2.87. The number of hydrogen-bond donors (Lipinski definition) is 0. The molecule has 0 spiro atoms. The Hall–Kier alpha value is -1.91. The number of ether oxygens (including phenoxy) is 1. The van der Waals surface area contributed by atoms with E-state index in [1.54, 1.807) is 12.1 Å². The van der Waals surface area contributed by atoms with E-state index in [9.17, 15) is 4.79 Å². The van der Waals surface area contributed by atoms with Crippen LogP contribution in [0.25, 0.3) is 0 Å². The van der Waals surface area contributed by atoms with Gasteiger partial charge in [0.15, 0.2) is 0 Å². The normalized spacial score (nSPS) is 17.2. The second-order valence-corrected chi connectivity index (χ2v) is 6.05. The first kappa shape index (κ1) is 16.0. The van der Waals surface area contributed by atoms with Crippen molar-refractivity contribution >= 4 is 17.5 Å². The summed E-state index contributed by atoms with van der Waals surface area (Å²) in [7, 11) is 0. The molecule has 1 aromatic carbocycles. The second-order valence-electron chi connectivity index (χ2n) is 5.61. The predicted molar refractivity (Wildman–Crippen MR) is 89.7 cm³/mol. The van der Waals surface area contributed by atoms with E-state index in [0.717, 1.165) is 12.8 Å². The Balaban J connectivity index is 1.74. The van der Waals surface area contributed by atoms with E-state index in [4.69, 9.17) is 16.3 Å². The molecule has 1 fully saturated rings.